The van der Waals surface area contributed by atoms with Crippen LogP contribution in [0.4, 0.5) is 0 Å². The summed E-state index contributed by atoms with van der Waals surface area (Å²) in [6.07, 6.45) is 5.03. The molecule has 0 heterocycles. The third kappa shape index (κ3) is 3.60. The quantitative estimate of drug-likeness (QED) is 0.817. The van der Waals surface area contributed by atoms with E-state index < -0.39 is 0 Å². The van der Waals surface area contributed by atoms with Gasteiger partial charge in [0.15, 0.2) is 0 Å². The van der Waals surface area contributed by atoms with Crippen LogP contribution < -0.4 is 4.74 Å². The van der Waals surface area contributed by atoms with Crippen molar-refractivity contribution >= 4 is 5.57 Å². The van der Waals surface area contributed by atoms with Gasteiger partial charge in [-0.1, -0.05) is 25.1 Å². The van der Waals surface area contributed by atoms with Gasteiger partial charge in [0.1, 0.15) is 5.75 Å². The van der Waals surface area contributed by atoms with Crippen molar-refractivity contribution in [1.82, 2.24) is 4.90 Å². The molecule has 1 aliphatic carbocycles. The Labute approximate surface area is 117 Å². The molecule has 0 spiro atoms. The molecule has 2 atom stereocenters. The van der Waals surface area contributed by atoms with Gasteiger partial charge in [0.2, 0.25) is 0 Å². The van der Waals surface area contributed by atoms with E-state index in [1.165, 1.54) is 24.0 Å². The summed E-state index contributed by atoms with van der Waals surface area (Å²) in [4.78, 5) is 2.29. The number of benzene rings is 1. The maximum atomic E-state index is 5.35. The van der Waals surface area contributed by atoms with E-state index in [4.69, 9.17) is 4.74 Å². The molecule has 1 aromatic rings. The molecule has 0 bridgehead atoms. The lowest BCUT2D eigenvalue weighted by atomic mass is 9.79. The van der Waals surface area contributed by atoms with Gasteiger partial charge in [0, 0.05) is 6.54 Å². The average Bonchev–Trinajstić information content (AvgIpc) is 2.40. The molecule has 0 saturated carbocycles. The molecule has 2 heteroatoms. The summed E-state index contributed by atoms with van der Waals surface area (Å²) in [5.74, 6) is 2.26. The average molecular weight is 259 g/mol. The van der Waals surface area contributed by atoms with E-state index in [0.717, 1.165) is 12.3 Å². The molecule has 1 aliphatic rings. The maximum Gasteiger partial charge on any atom is 0.119 e. The van der Waals surface area contributed by atoms with Gasteiger partial charge in [-0.3, -0.25) is 0 Å². The van der Waals surface area contributed by atoms with Crippen molar-refractivity contribution in [3.05, 3.63) is 35.9 Å². The second kappa shape index (κ2) is 6.25. The van der Waals surface area contributed by atoms with E-state index in [1.807, 2.05) is 6.07 Å². The summed E-state index contributed by atoms with van der Waals surface area (Å²) < 4.78 is 5.35. The molecule has 0 aromatic heterocycles. The number of hydrogen-bond acceptors (Lipinski definition) is 2. The second-order valence-corrected chi connectivity index (χ2v) is 5.87. The summed E-state index contributed by atoms with van der Waals surface area (Å²) in [6.45, 7) is 3.43. The van der Waals surface area contributed by atoms with E-state index >= 15 is 0 Å². The SMILES string of the molecule is COc1cccc(C2=C[C@@H](C)CC[C@H]2CN(C)C)c1. The zero-order valence-electron chi connectivity index (χ0n) is 12.5. The van der Waals surface area contributed by atoms with Crippen LogP contribution in [0.5, 0.6) is 5.75 Å². The summed E-state index contributed by atoms with van der Waals surface area (Å²) in [5, 5.41) is 0. The van der Waals surface area contributed by atoms with Crippen LogP contribution in [-0.2, 0) is 0 Å². The van der Waals surface area contributed by atoms with Crippen LogP contribution in [0.3, 0.4) is 0 Å². The molecule has 0 saturated heterocycles. The normalized spacial score (nSPS) is 23.3. The third-order valence-electron chi connectivity index (χ3n) is 3.86. The number of rotatable bonds is 4. The summed E-state index contributed by atoms with van der Waals surface area (Å²) in [5.41, 5.74) is 2.81. The highest BCUT2D eigenvalue weighted by Gasteiger charge is 2.22. The first-order chi connectivity index (χ1) is 9.10. The predicted octanol–water partition coefficient (Wildman–Crippen LogP) is 3.69. The highest BCUT2D eigenvalue weighted by Crippen LogP contribution is 2.36. The molecule has 2 rings (SSSR count). The highest BCUT2D eigenvalue weighted by atomic mass is 16.5. The first kappa shape index (κ1) is 14.1. The smallest absolute Gasteiger partial charge is 0.119 e. The Morgan fingerprint density at radius 1 is 1.26 bits per heavy atom. The van der Waals surface area contributed by atoms with E-state index in [-0.39, 0.29) is 0 Å². The summed E-state index contributed by atoms with van der Waals surface area (Å²) >= 11 is 0. The minimum absolute atomic E-state index is 0.637. The monoisotopic (exact) mass is 259 g/mol. The van der Waals surface area contributed by atoms with Gasteiger partial charge in [-0.25, -0.2) is 0 Å². The largest absolute Gasteiger partial charge is 0.497 e. The van der Waals surface area contributed by atoms with Crippen LogP contribution in [0.15, 0.2) is 30.3 Å². The number of nitrogens with zero attached hydrogens (tertiary/aromatic N) is 1. The molecule has 1 aromatic carbocycles. The van der Waals surface area contributed by atoms with Gasteiger partial charge in [0.25, 0.3) is 0 Å². The molecular formula is C17H25NO. The Bertz CT molecular complexity index is 450. The number of methoxy groups -OCH3 is 1. The molecular weight excluding hydrogens is 234 g/mol. The molecule has 0 amide bonds. The van der Waals surface area contributed by atoms with Crippen molar-refractivity contribution in [2.45, 2.75) is 19.8 Å². The lowest BCUT2D eigenvalue weighted by molar-refractivity contribution is 0.336. The van der Waals surface area contributed by atoms with Crippen molar-refractivity contribution in [2.24, 2.45) is 11.8 Å². The lowest BCUT2D eigenvalue weighted by Crippen LogP contribution is -2.25. The molecule has 104 valence electrons. The second-order valence-electron chi connectivity index (χ2n) is 5.87. The van der Waals surface area contributed by atoms with E-state index in [2.05, 4.69) is 50.2 Å². The minimum Gasteiger partial charge on any atom is -0.497 e. The topological polar surface area (TPSA) is 12.5 Å². The van der Waals surface area contributed by atoms with Gasteiger partial charge >= 0.3 is 0 Å². The lowest BCUT2D eigenvalue weighted by Gasteiger charge is -2.30. The molecule has 0 fully saturated rings. The molecule has 19 heavy (non-hydrogen) atoms. The maximum absolute atomic E-state index is 5.35. The fourth-order valence-corrected chi connectivity index (χ4v) is 2.91. The highest BCUT2D eigenvalue weighted by molar-refractivity contribution is 5.69. The Morgan fingerprint density at radius 3 is 2.74 bits per heavy atom. The molecule has 0 radical (unpaired) electrons. The first-order valence-corrected chi connectivity index (χ1v) is 7.11. The van der Waals surface area contributed by atoms with Gasteiger partial charge < -0.3 is 9.64 Å². The van der Waals surface area contributed by atoms with Crippen molar-refractivity contribution in [1.29, 1.82) is 0 Å². The molecule has 0 N–H and O–H groups in total. The van der Waals surface area contributed by atoms with Crippen LogP contribution in [0, 0.1) is 11.8 Å². The summed E-state index contributed by atoms with van der Waals surface area (Å²) in [6, 6.07) is 8.46. The van der Waals surface area contributed by atoms with Crippen molar-refractivity contribution in [3.8, 4) is 5.75 Å². The van der Waals surface area contributed by atoms with Crippen LogP contribution >= 0.6 is 0 Å². The van der Waals surface area contributed by atoms with E-state index in [9.17, 15) is 0 Å². The van der Waals surface area contributed by atoms with E-state index in [0.29, 0.717) is 11.8 Å². The number of allylic oxidation sites excluding steroid dienone is 1. The predicted molar refractivity (Wildman–Crippen MR) is 81.4 cm³/mol. The summed E-state index contributed by atoms with van der Waals surface area (Å²) in [7, 11) is 6.04. The van der Waals surface area contributed by atoms with Crippen LogP contribution in [0.1, 0.15) is 25.3 Å². The van der Waals surface area contributed by atoms with Crippen molar-refractivity contribution in [2.75, 3.05) is 27.7 Å². The van der Waals surface area contributed by atoms with Gasteiger partial charge in [-0.05, 0) is 62.0 Å². The van der Waals surface area contributed by atoms with Crippen molar-refractivity contribution < 1.29 is 4.74 Å². The van der Waals surface area contributed by atoms with E-state index in [1.54, 1.807) is 7.11 Å². The van der Waals surface area contributed by atoms with Gasteiger partial charge in [-0.15, -0.1) is 0 Å². The number of ether oxygens (including phenoxy) is 1. The van der Waals surface area contributed by atoms with Crippen LogP contribution in [0.25, 0.3) is 5.57 Å². The zero-order valence-corrected chi connectivity index (χ0v) is 12.5. The standard InChI is InChI=1S/C17H25NO/c1-13-8-9-15(12-18(2)3)17(10-13)14-6-5-7-16(11-14)19-4/h5-7,10-11,13,15H,8-9,12H2,1-4H3/t13-,15-/m0/s1. The van der Waals surface area contributed by atoms with Crippen LogP contribution in [0.2, 0.25) is 0 Å². The fraction of sp³-hybridized carbons (Fsp3) is 0.529. The Morgan fingerprint density at radius 2 is 2.05 bits per heavy atom. The van der Waals surface area contributed by atoms with Crippen molar-refractivity contribution in [3.63, 3.8) is 0 Å². The Balaban J connectivity index is 2.30. The molecule has 0 unspecified atom stereocenters. The molecule has 0 aliphatic heterocycles. The number of hydrogen-bond donors (Lipinski definition) is 0. The first-order valence-electron chi connectivity index (χ1n) is 7.11. The Hall–Kier alpha value is -1.28. The third-order valence-corrected chi connectivity index (χ3v) is 3.86. The van der Waals surface area contributed by atoms with Gasteiger partial charge in [0.05, 0.1) is 7.11 Å². The Kier molecular flexibility index (Phi) is 4.65. The van der Waals surface area contributed by atoms with Crippen LogP contribution in [-0.4, -0.2) is 32.6 Å². The minimum atomic E-state index is 0.637. The van der Waals surface area contributed by atoms with Gasteiger partial charge in [-0.2, -0.15) is 0 Å². The molecule has 2 nitrogen and oxygen atoms in total. The fourth-order valence-electron chi connectivity index (χ4n) is 2.91. The zero-order chi connectivity index (χ0) is 13.8.